The van der Waals surface area contributed by atoms with Crippen molar-refractivity contribution in [2.75, 3.05) is 17.6 Å². The molecule has 2 aromatic rings. The molecule has 0 atom stereocenters. The third kappa shape index (κ3) is 5.51. The van der Waals surface area contributed by atoms with E-state index >= 15 is 0 Å². The smallest absolute Gasteiger partial charge is 0.230 e. The van der Waals surface area contributed by atoms with Crippen LogP contribution in [0.4, 0.5) is 10.8 Å². The SMILES string of the molecule is CCCCNC(=O)CSc1nnc(Nc2cccc(C)c2C)s1. The van der Waals surface area contributed by atoms with E-state index in [4.69, 9.17) is 0 Å². The third-order valence-corrected chi connectivity index (χ3v) is 5.40. The molecule has 0 spiro atoms. The largest absolute Gasteiger partial charge is 0.355 e. The lowest BCUT2D eigenvalue weighted by molar-refractivity contribution is -0.118. The fraction of sp³-hybridized carbons (Fsp3) is 0.438. The number of amides is 1. The van der Waals surface area contributed by atoms with E-state index in [0.29, 0.717) is 5.75 Å². The maximum atomic E-state index is 11.7. The van der Waals surface area contributed by atoms with Crippen LogP contribution in [0.2, 0.25) is 0 Å². The fourth-order valence-electron chi connectivity index (χ4n) is 1.90. The molecule has 7 heteroatoms. The Morgan fingerprint density at radius 3 is 2.91 bits per heavy atom. The molecule has 0 aliphatic rings. The van der Waals surface area contributed by atoms with Gasteiger partial charge in [0.15, 0.2) is 4.34 Å². The van der Waals surface area contributed by atoms with Gasteiger partial charge in [-0.2, -0.15) is 0 Å². The van der Waals surface area contributed by atoms with Crippen molar-refractivity contribution in [3.8, 4) is 0 Å². The molecule has 0 fully saturated rings. The zero-order valence-corrected chi connectivity index (χ0v) is 15.3. The minimum absolute atomic E-state index is 0.0442. The lowest BCUT2D eigenvalue weighted by Gasteiger charge is -2.08. The normalized spacial score (nSPS) is 10.6. The molecule has 1 amide bonds. The summed E-state index contributed by atoms with van der Waals surface area (Å²) in [7, 11) is 0. The van der Waals surface area contributed by atoms with Crippen LogP contribution in [0.25, 0.3) is 0 Å². The highest BCUT2D eigenvalue weighted by molar-refractivity contribution is 8.01. The monoisotopic (exact) mass is 350 g/mol. The molecule has 1 aromatic heterocycles. The molecule has 5 nitrogen and oxygen atoms in total. The van der Waals surface area contributed by atoms with E-state index in [-0.39, 0.29) is 5.91 Å². The van der Waals surface area contributed by atoms with Gasteiger partial charge in [-0.15, -0.1) is 10.2 Å². The van der Waals surface area contributed by atoms with Gasteiger partial charge < -0.3 is 10.6 Å². The van der Waals surface area contributed by atoms with Crippen LogP contribution in [0.15, 0.2) is 22.5 Å². The van der Waals surface area contributed by atoms with Crippen LogP contribution in [0.5, 0.6) is 0 Å². The van der Waals surface area contributed by atoms with Crippen molar-refractivity contribution >= 4 is 39.8 Å². The number of thioether (sulfide) groups is 1. The highest BCUT2D eigenvalue weighted by atomic mass is 32.2. The van der Waals surface area contributed by atoms with Crippen molar-refractivity contribution in [2.45, 2.75) is 38.0 Å². The Bertz CT molecular complexity index is 657. The Kier molecular flexibility index (Phi) is 6.85. The maximum Gasteiger partial charge on any atom is 0.230 e. The van der Waals surface area contributed by atoms with E-state index in [9.17, 15) is 4.79 Å². The van der Waals surface area contributed by atoms with Gasteiger partial charge in [0, 0.05) is 12.2 Å². The van der Waals surface area contributed by atoms with Gasteiger partial charge in [-0.05, 0) is 37.5 Å². The molecule has 0 aliphatic heterocycles. The standard InChI is InChI=1S/C16H22N4OS2/c1-4-5-9-17-14(21)10-22-16-20-19-15(23-16)18-13-8-6-7-11(2)12(13)3/h6-8H,4-5,9-10H2,1-3H3,(H,17,21)(H,18,19). The van der Waals surface area contributed by atoms with Crippen molar-refractivity contribution in [3.63, 3.8) is 0 Å². The first-order chi connectivity index (χ1) is 11.1. The summed E-state index contributed by atoms with van der Waals surface area (Å²) in [4.78, 5) is 11.7. The number of aryl methyl sites for hydroxylation is 1. The van der Waals surface area contributed by atoms with Crippen molar-refractivity contribution in [2.24, 2.45) is 0 Å². The fourth-order valence-corrected chi connectivity index (χ4v) is 3.50. The number of nitrogens with zero attached hydrogens (tertiary/aromatic N) is 2. The van der Waals surface area contributed by atoms with Crippen molar-refractivity contribution in [3.05, 3.63) is 29.3 Å². The first-order valence-electron chi connectivity index (χ1n) is 7.66. The molecule has 1 heterocycles. The molecule has 23 heavy (non-hydrogen) atoms. The van der Waals surface area contributed by atoms with Gasteiger partial charge in [0.25, 0.3) is 0 Å². The first-order valence-corrected chi connectivity index (χ1v) is 9.46. The Morgan fingerprint density at radius 1 is 1.30 bits per heavy atom. The van der Waals surface area contributed by atoms with Gasteiger partial charge in [0.1, 0.15) is 0 Å². The van der Waals surface area contributed by atoms with E-state index in [2.05, 4.69) is 47.7 Å². The number of carbonyl (C=O) groups is 1. The summed E-state index contributed by atoms with van der Waals surface area (Å²) in [6, 6.07) is 6.12. The Balaban J connectivity index is 1.86. The minimum Gasteiger partial charge on any atom is -0.355 e. The summed E-state index contributed by atoms with van der Waals surface area (Å²) in [6.45, 7) is 7.01. The number of hydrogen-bond acceptors (Lipinski definition) is 6. The topological polar surface area (TPSA) is 66.9 Å². The van der Waals surface area contributed by atoms with E-state index in [1.165, 1.54) is 34.2 Å². The van der Waals surface area contributed by atoms with Gasteiger partial charge >= 0.3 is 0 Å². The van der Waals surface area contributed by atoms with Crippen LogP contribution in [0.3, 0.4) is 0 Å². The number of carbonyl (C=O) groups excluding carboxylic acids is 1. The Labute approximate surface area is 145 Å². The summed E-state index contributed by atoms with van der Waals surface area (Å²) >= 11 is 2.88. The highest BCUT2D eigenvalue weighted by Gasteiger charge is 2.09. The van der Waals surface area contributed by atoms with Crippen LogP contribution in [0.1, 0.15) is 30.9 Å². The zero-order chi connectivity index (χ0) is 16.7. The molecule has 0 aliphatic carbocycles. The number of rotatable bonds is 8. The summed E-state index contributed by atoms with van der Waals surface area (Å²) in [5, 5.41) is 15.2. The predicted octanol–water partition coefficient (Wildman–Crippen LogP) is 3.91. The Hall–Kier alpha value is -1.60. The molecule has 0 saturated carbocycles. The van der Waals surface area contributed by atoms with Gasteiger partial charge in [-0.1, -0.05) is 48.6 Å². The van der Waals surface area contributed by atoms with Gasteiger partial charge in [-0.3, -0.25) is 4.79 Å². The van der Waals surface area contributed by atoms with Crippen LogP contribution in [-0.4, -0.2) is 28.4 Å². The lowest BCUT2D eigenvalue weighted by atomic mass is 10.1. The van der Waals surface area contributed by atoms with E-state index < -0.39 is 0 Å². The molecular formula is C16H22N4OS2. The molecule has 124 valence electrons. The third-order valence-electron chi connectivity index (χ3n) is 3.43. The number of nitrogens with one attached hydrogen (secondary N) is 2. The lowest BCUT2D eigenvalue weighted by Crippen LogP contribution is -2.25. The molecule has 0 radical (unpaired) electrons. The zero-order valence-electron chi connectivity index (χ0n) is 13.7. The number of benzene rings is 1. The molecular weight excluding hydrogens is 328 g/mol. The Morgan fingerprint density at radius 2 is 2.13 bits per heavy atom. The number of unbranched alkanes of at least 4 members (excludes halogenated alkanes) is 1. The summed E-state index contributed by atoms with van der Waals surface area (Å²) in [6.07, 6.45) is 2.09. The molecule has 0 bridgehead atoms. The quantitative estimate of drug-likeness (QED) is 0.558. The maximum absolute atomic E-state index is 11.7. The predicted molar refractivity (Wildman–Crippen MR) is 97.7 cm³/mol. The van der Waals surface area contributed by atoms with E-state index in [0.717, 1.165) is 34.5 Å². The minimum atomic E-state index is 0.0442. The summed E-state index contributed by atoms with van der Waals surface area (Å²) in [5.41, 5.74) is 3.47. The second-order valence-corrected chi connectivity index (χ2v) is 7.44. The van der Waals surface area contributed by atoms with E-state index in [1.54, 1.807) is 0 Å². The number of hydrogen-bond donors (Lipinski definition) is 2. The second kappa shape index (κ2) is 8.88. The summed E-state index contributed by atoms with van der Waals surface area (Å²) in [5.74, 6) is 0.421. The van der Waals surface area contributed by atoms with Crippen LogP contribution < -0.4 is 10.6 Å². The van der Waals surface area contributed by atoms with E-state index in [1.807, 2.05) is 12.1 Å². The van der Waals surface area contributed by atoms with Gasteiger partial charge in [-0.25, -0.2) is 0 Å². The van der Waals surface area contributed by atoms with Crippen LogP contribution >= 0.6 is 23.1 Å². The summed E-state index contributed by atoms with van der Waals surface area (Å²) < 4.78 is 0.795. The highest BCUT2D eigenvalue weighted by Crippen LogP contribution is 2.29. The number of aromatic nitrogens is 2. The van der Waals surface area contributed by atoms with Crippen molar-refractivity contribution < 1.29 is 4.79 Å². The average Bonchev–Trinajstić information content (AvgIpc) is 2.98. The van der Waals surface area contributed by atoms with Gasteiger partial charge in [0.05, 0.1) is 5.75 Å². The second-order valence-electron chi connectivity index (χ2n) is 5.24. The van der Waals surface area contributed by atoms with Gasteiger partial charge in [0.2, 0.25) is 11.0 Å². The average molecular weight is 351 g/mol. The van der Waals surface area contributed by atoms with Crippen LogP contribution in [-0.2, 0) is 4.79 Å². The molecule has 0 saturated heterocycles. The molecule has 0 unspecified atom stereocenters. The molecule has 1 aromatic carbocycles. The molecule has 2 N–H and O–H groups in total. The van der Waals surface area contributed by atoms with Crippen molar-refractivity contribution in [1.29, 1.82) is 0 Å². The van der Waals surface area contributed by atoms with Crippen LogP contribution in [0, 0.1) is 13.8 Å². The van der Waals surface area contributed by atoms with Crippen molar-refractivity contribution in [1.82, 2.24) is 15.5 Å². The first kappa shape index (κ1) is 17.7. The number of anilines is 2. The molecule has 2 rings (SSSR count).